The molecule has 2 heterocycles. The molecule has 0 aromatic heterocycles. The number of fused-ring (bicyclic) bond motifs is 1. The molecule has 0 bridgehead atoms. The van der Waals surface area contributed by atoms with Crippen LogP contribution in [0.15, 0.2) is 64.2 Å². The summed E-state index contributed by atoms with van der Waals surface area (Å²) >= 11 is 5.91. The minimum Gasteiger partial charge on any atom is -0.266 e. The van der Waals surface area contributed by atoms with Crippen molar-refractivity contribution >= 4 is 11.6 Å². The predicted molar refractivity (Wildman–Crippen MR) is 97.7 cm³/mol. The van der Waals surface area contributed by atoms with Crippen LogP contribution in [0.3, 0.4) is 0 Å². The number of nitrogens with zero attached hydrogens (tertiary/aromatic N) is 5. The number of halogens is 1. The molecule has 128 valence electrons. The van der Waals surface area contributed by atoms with Crippen LogP contribution in [0.1, 0.15) is 0 Å². The topological polar surface area (TPSA) is 82.7 Å². The van der Waals surface area contributed by atoms with Crippen molar-refractivity contribution in [2.45, 2.75) is 0 Å². The van der Waals surface area contributed by atoms with Gasteiger partial charge in [0.1, 0.15) is 0 Å². The molecule has 0 saturated heterocycles. The van der Waals surface area contributed by atoms with Crippen molar-refractivity contribution in [3.63, 3.8) is 0 Å². The zero-order valence-corrected chi connectivity index (χ0v) is 14.4. The molecule has 7 nitrogen and oxygen atoms in total. The van der Waals surface area contributed by atoms with Gasteiger partial charge in [0, 0.05) is 17.6 Å². The van der Waals surface area contributed by atoms with E-state index in [4.69, 9.17) is 11.6 Å². The van der Waals surface area contributed by atoms with Crippen molar-refractivity contribution < 1.29 is 0 Å². The van der Waals surface area contributed by atoms with E-state index in [1.165, 1.54) is 4.68 Å². The standard InChI is InChI=1S/C18H12ClN5O2/c1-23-16-14(20-15(22-23)11-7-9-12(19)10-8-11)17(25)24(18(26)21-16)13-5-3-2-4-6-13/h2-10H,1H3. The largest absolute Gasteiger partial charge is 0.357 e. The molecule has 0 unspecified atom stereocenters. The number of aryl methyl sites for hydroxylation is 1. The first-order valence-corrected chi connectivity index (χ1v) is 8.12. The quantitative estimate of drug-likeness (QED) is 0.543. The highest BCUT2D eigenvalue weighted by Crippen LogP contribution is 2.20. The third kappa shape index (κ3) is 2.68. The van der Waals surface area contributed by atoms with Crippen LogP contribution in [0.2, 0.25) is 5.02 Å². The van der Waals surface area contributed by atoms with Crippen molar-refractivity contribution in [3.05, 3.63) is 80.5 Å². The van der Waals surface area contributed by atoms with E-state index in [1.807, 2.05) is 0 Å². The van der Waals surface area contributed by atoms with Crippen LogP contribution in [-0.4, -0.2) is 24.3 Å². The second-order valence-corrected chi connectivity index (χ2v) is 6.05. The highest BCUT2D eigenvalue weighted by Gasteiger charge is 2.21. The average Bonchev–Trinajstić information content (AvgIpc) is 2.64. The van der Waals surface area contributed by atoms with Gasteiger partial charge in [0.2, 0.25) is 0 Å². The van der Waals surface area contributed by atoms with E-state index in [0.717, 1.165) is 4.57 Å². The van der Waals surface area contributed by atoms with Crippen molar-refractivity contribution in [2.24, 2.45) is 7.05 Å². The Morgan fingerprint density at radius 2 is 1.62 bits per heavy atom. The van der Waals surface area contributed by atoms with Gasteiger partial charge in [0.15, 0.2) is 17.3 Å². The normalized spacial score (nSPS) is 11.0. The lowest BCUT2D eigenvalue weighted by Crippen LogP contribution is -2.37. The predicted octanol–water partition coefficient (Wildman–Crippen LogP) is 2.15. The van der Waals surface area contributed by atoms with E-state index in [0.29, 0.717) is 22.1 Å². The number of aromatic nitrogens is 5. The molecular formula is C18H12ClN5O2. The maximum atomic E-state index is 12.9. The maximum Gasteiger partial charge on any atom is 0.357 e. The van der Waals surface area contributed by atoms with Gasteiger partial charge in [-0.3, -0.25) is 4.79 Å². The molecule has 0 amide bonds. The minimum atomic E-state index is -0.674. The number of para-hydroxylation sites is 1. The first-order valence-electron chi connectivity index (χ1n) is 7.74. The van der Waals surface area contributed by atoms with E-state index in [2.05, 4.69) is 15.1 Å². The monoisotopic (exact) mass is 365 g/mol. The third-order valence-corrected chi connectivity index (χ3v) is 4.15. The first kappa shape index (κ1) is 16.2. The van der Waals surface area contributed by atoms with Gasteiger partial charge in [0.25, 0.3) is 5.56 Å². The summed E-state index contributed by atoms with van der Waals surface area (Å²) in [5, 5.41) is 4.88. The van der Waals surface area contributed by atoms with Crippen molar-refractivity contribution in [1.82, 2.24) is 24.3 Å². The van der Waals surface area contributed by atoms with Gasteiger partial charge in [-0.15, -0.1) is 0 Å². The van der Waals surface area contributed by atoms with Gasteiger partial charge in [-0.25, -0.2) is 19.0 Å². The van der Waals surface area contributed by atoms with Crippen LogP contribution in [0.25, 0.3) is 28.6 Å². The van der Waals surface area contributed by atoms with E-state index in [9.17, 15) is 9.59 Å². The van der Waals surface area contributed by atoms with Crippen LogP contribution in [0.4, 0.5) is 0 Å². The Balaban J connectivity index is 2.01. The average molecular weight is 366 g/mol. The Hall–Kier alpha value is -3.32. The summed E-state index contributed by atoms with van der Waals surface area (Å²) in [4.78, 5) is 33.6. The van der Waals surface area contributed by atoms with Crippen molar-refractivity contribution in [1.29, 1.82) is 0 Å². The first-order chi connectivity index (χ1) is 12.5. The summed E-state index contributed by atoms with van der Waals surface area (Å²) in [5.41, 5.74) is -0.0163. The fourth-order valence-electron chi connectivity index (χ4n) is 2.65. The van der Waals surface area contributed by atoms with Gasteiger partial charge >= 0.3 is 5.69 Å². The number of hydrogen-bond donors (Lipinski definition) is 0. The van der Waals surface area contributed by atoms with Crippen molar-refractivity contribution in [2.75, 3.05) is 0 Å². The van der Waals surface area contributed by atoms with Gasteiger partial charge in [0.05, 0.1) is 5.69 Å². The lowest BCUT2D eigenvalue weighted by atomic mass is 10.2. The van der Waals surface area contributed by atoms with Gasteiger partial charge < -0.3 is 0 Å². The number of hydrogen-bond acceptors (Lipinski definition) is 5. The van der Waals surface area contributed by atoms with E-state index in [1.54, 1.807) is 61.6 Å². The van der Waals surface area contributed by atoms with Crippen LogP contribution in [-0.2, 0) is 7.05 Å². The molecule has 0 aliphatic carbocycles. The molecule has 0 atom stereocenters. The summed E-state index contributed by atoms with van der Waals surface area (Å²) in [5.74, 6) is 0.471. The molecule has 4 rings (SSSR count). The van der Waals surface area contributed by atoms with Crippen LogP contribution in [0.5, 0.6) is 0 Å². The number of rotatable bonds is 2. The maximum absolute atomic E-state index is 12.9. The van der Waals surface area contributed by atoms with Gasteiger partial charge in [-0.2, -0.15) is 10.1 Å². The zero-order chi connectivity index (χ0) is 18.3. The minimum absolute atomic E-state index is 0.0657. The van der Waals surface area contributed by atoms with E-state index < -0.39 is 11.2 Å². The van der Waals surface area contributed by atoms with Crippen LogP contribution >= 0.6 is 11.6 Å². The Bertz CT molecular complexity index is 1180. The van der Waals surface area contributed by atoms with E-state index >= 15 is 0 Å². The van der Waals surface area contributed by atoms with Gasteiger partial charge in [-0.1, -0.05) is 29.8 Å². The molecule has 0 fully saturated rings. The Morgan fingerprint density at radius 3 is 2.31 bits per heavy atom. The molecule has 0 N–H and O–H groups in total. The molecule has 0 saturated carbocycles. The Kier molecular flexibility index (Phi) is 3.85. The molecule has 26 heavy (non-hydrogen) atoms. The molecule has 2 aliphatic rings. The highest BCUT2D eigenvalue weighted by molar-refractivity contribution is 6.30. The molecule has 8 heteroatoms. The van der Waals surface area contributed by atoms with Gasteiger partial charge in [-0.05, 0) is 36.4 Å². The smallest absolute Gasteiger partial charge is 0.266 e. The van der Waals surface area contributed by atoms with Crippen LogP contribution in [0, 0.1) is 0 Å². The molecular weight excluding hydrogens is 354 g/mol. The molecule has 0 spiro atoms. The summed E-state index contributed by atoms with van der Waals surface area (Å²) in [6.07, 6.45) is 0. The summed E-state index contributed by atoms with van der Waals surface area (Å²) < 4.78 is 2.38. The molecule has 0 radical (unpaired) electrons. The fraction of sp³-hybridized carbons (Fsp3) is 0.0556. The second kappa shape index (κ2) is 6.20. The SMILES string of the molecule is Cn1nc(-c2ccc(Cl)cc2)nc2c(=O)n(-c3ccccc3)c(=O)nc1-2. The van der Waals surface area contributed by atoms with Crippen LogP contribution < -0.4 is 11.2 Å². The Labute approximate surface area is 152 Å². The zero-order valence-electron chi connectivity index (χ0n) is 13.6. The van der Waals surface area contributed by atoms with Crippen molar-refractivity contribution in [3.8, 4) is 28.6 Å². The molecule has 2 aromatic rings. The lowest BCUT2D eigenvalue weighted by molar-refractivity contribution is 0.695. The highest BCUT2D eigenvalue weighted by atomic mass is 35.5. The lowest BCUT2D eigenvalue weighted by Gasteiger charge is -2.12. The molecule has 2 aliphatic heterocycles. The number of benzene rings is 2. The second-order valence-electron chi connectivity index (χ2n) is 5.61. The summed E-state index contributed by atoms with van der Waals surface area (Å²) in [6.45, 7) is 0. The molecule has 2 aromatic carbocycles. The fourth-order valence-corrected chi connectivity index (χ4v) is 2.78. The van der Waals surface area contributed by atoms with E-state index in [-0.39, 0.29) is 11.5 Å². The third-order valence-electron chi connectivity index (χ3n) is 3.90. The Morgan fingerprint density at radius 1 is 0.923 bits per heavy atom. The summed E-state index contributed by atoms with van der Waals surface area (Å²) in [7, 11) is 1.61. The summed E-state index contributed by atoms with van der Waals surface area (Å²) in [6, 6.07) is 15.6.